The standard InChI is InChI=1S/C12H15NO2/c1-9(14)15-12-4-3-11-8-13(2)6-5-10(11)7-12/h3-4,7H,5-6,8H2,1-2H3. The second-order valence-corrected chi connectivity index (χ2v) is 4.01. The second kappa shape index (κ2) is 4.03. The van der Waals surface area contributed by atoms with Gasteiger partial charge < -0.3 is 9.64 Å². The highest BCUT2D eigenvalue weighted by Gasteiger charge is 2.13. The normalized spacial score (nSPS) is 15.9. The van der Waals surface area contributed by atoms with Gasteiger partial charge in [-0.25, -0.2) is 0 Å². The molecule has 0 radical (unpaired) electrons. The van der Waals surface area contributed by atoms with Crippen LogP contribution < -0.4 is 4.74 Å². The van der Waals surface area contributed by atoms with Gasteiger partial charge in [0.15, 0.2) is 0 Å². The highest BCUT2D eigenvalue weighted by Crippen LogP contribution is 2.23. The molecule has 0 saturated heterocycles. The molecule has 1 heterocycles. The summed E-state index contributed by atoms with van der Waals surface area (Å²) < 4.78 is 5.05. The number of likely N-dealkylation sites (N-methyl/N-ethyl adjacent to an activating group) is 1. The molecule has 1 aliphatic rings. The van der Waals surface area contributed by atoms with E-state index in [1.807, 2.05) is 18.2 Å². The molecule has 0 fully saturated rings. The molecule has 0 aromatic heterocycles. The number of rotatable bonds is 1. The van der Waals surface area contributed by atoms with Gasteiger partial charge in [-0.05, 0) is 36.7 Å². The van der Waals surface area contributed by atoms with E-state index in [2.05, 4.69) is 11.9 Å². The number of ether oxygens (including phenoxy) is 1. The van der Waals surface area contributed by atoms with Crippen molar-refractivity contribution in [2.75, 3.05) is 13.6 Å². The third kappa shape index (κ3) is 2.36. The van der Waals surface area contributed by atoms with E-state index in [0.717, 1.165) is 19.5 Å². The maximum absolute atomic E-state index is 10.8. The fourth-order valence-corrected chi connectivity index (χ4v) is 1.90. The highest BCUT2D eigenvalue weighted by atomic mass is 16.5. The SMILES string of the molecule is CC(=O)Oc1ccc2c(c1)CCN(C)C2. The summed E-state index contributed by atoms with van der Waals surface area (Å²) in [6, 6.07) is 5.88. The first-order valence-electron chi connectivity index (χ1n) is 5.14. The minimum atomic E-state index is -0.261. The number of hydrogen-bond acceptors (Lipinski definition) is 3. The maximum Gasteiger partial charge on any atom is 0.308 e. The molecule has 0 spiro atoms. The molecular weight excluding hydrogens is 190 g/mol. The average Bonchev–Trinajstić information content (AvgIpc) is 2.17. The Balaban J connectivity index is 2.23. The summed E-state index contributed by atoms with van der Waals surface area (Å²) in [5, 5.41) is 0. The van der Waals surface area contributed by atoms with Gasteiger partial charge >= 0.3 is 5.97 Å². The first-order valence-corrected chi connectivity index (χ1v) is 5.14. The molecule has 3 heteroatoms. The molecule has 80 valence electrons. The summed E-state index contributed by atoms with van der Waals surface area (Å²) in [6.45, 7) is 3.47. The van der Waals surface area contributed by atoms with Crippen molar-refractivity contribution in [3.8, 4) is 5.75 Å². The zero-order valence-electron chi connectivity index (χ0n) is 9.12. The fourth-order valence-electron chi connectivity index (χ4n) is 1.90. The number of fused-ring (bicyclic) bond motifs is 1. The number of carbonyl (C=O) groups is 1. The molecule has 2 rings (SSSR count). The maximum atomic E-state index is 10.8. The van der Waals surface area contributed by atoms with Crippen molar-refractivity contribution < 1.29 is 9.53 Å². The van der Waals surface area contributed by atoms with Gasteiger partial charge in [0.1, 0.15) is 5.75 Å². The van der Waals surface area contributed by atoms with Gasteiger partial charge in [0.05, 0.1) is 0 Å². The molecule has 0 atom stereocenters. The third-order valence-electron chi connectivity index (χ3n) is 2.64. The Labute approximate surface area is 89.7 Å². The first kappa shape index (κ1) is 10.2. The predicted molar refractivity (Wildman–Crippen MR) is 57.8 cm³/mol. The van der Waals surface area contributed by atoms with Crippen LogP contribution in [0.2, 0.25) is 0 Å². The lowest BCUT2D eigenvalue weighted by molar-refractivity contribution is -0.131. The van der Waals surface area contributed by atoms with Crippen LogP contribution in [-0.4, -0.2) is 24.5 Å². The van der Waals surface area contributed by atoms with Crippen molar-refractivity contribution in [3.63, 3.8) is 0 Å². The van der Waals surface area contributed by atoms with E-state index in [4.69, 9.17) is 4.74 Å². The van der Waals surface area contributed by atoms with E-state index in [1.165, 1.54) is 18.1 Å². The van der Waals surface area contributed by atoms with E-state index in [0.29, 0.717) is 5.75 Å². The minimum absolute atomic E-state index is 0.261. The molecular formula is C12H15NO2. The number of esters is 1. The molecule has 0 unspecified atom stereocenters. The quantitative estimate of drug-likeness (QED) is 0.515. The van der Waals surface area contributed by atoms with E-state index in [9.17, 15) is 4.79 Å². The Morgan fingerprint density at radius 2 is 2.20 bits per heavy atom. The Bertz CT molecular complexity index is 387. The second-order valence-electron chi connectivity index (χ2n) is 4.01. The van der Waals surface area contributed by atoms with E-state index < -0.39 is 0 Å². The molecule has 0 amide bonds. The summed E-state index contributed by atoms with van der Waals surface area (Å²) in [5.41, 5.74) is 2.63. The van der Waals surface area contributed by atoms with Gasteiger partial charge in [-0.3, -0.25) is 4.79 Å². The van der Waals surface area contributed by atoms with Crippen LogP contribution in [-0.2, 0) is 17.8 Å². The largest absolute Gasteiger partial charge is 0.427 e. The molecule has 0 aliphatic carbocycles. The van der Waals surface area contributed by atoms with Crippen molar-refractivity contribution in [3.05, 3.63) is 29.3 Å². The van der Waals surface area contributed by atoms with Crippen LogP contribution in [0.5, 0.6) is 5.75 Å². The zero-order valence-corrected chi connectivity index (χ0v) is 9.12. The van der Waals surface area contributed by atoms with Gasteiger partial charge in [-0.15, -0.1) is 0 Å². The van der Waals surface area contributed by atoms with E-state index >= 15 is 0 Å². The number of carbonyl (C=O) groups excluding carboxylic acids is 1. The molecule has 1 aliphatic heterocycles. The van der Waals surface area contributed by atoms with Gasteiger partial charge in [-0.1, -0.05) is 6.07 Å². The van der Waals surface area contributed by atoms with Crippen molar-refractivity contribution in [2.24, 2.45) is 0 Å². The van der Waals surface area contributed by atoms with Crippen LogP contribution >= 0.6 is 0 Å². The lowest BCUT2D eigenvalue weighted by Crippen LogP contribution is -2.26. The average molecular weight is 205 g/mol. The molecule has 0 N–H and O–H groups in total. The predicted octanol–water partition coefficient (Wildman–Crippen LogP) is 1.60. The van der Waals surface area contributed by atoms with Gasteiger partial charge in [0.2, 0.25) is 0 Å². The third-order valence-corrected chi connectivity index (χ3v) is 2.64. The summed E-state index contributed by atoms with van der Waals surface area (Å²) >= 11 is 0. The van der Waals surface area contributed by atoms with Crippen LogP contribution in [0.1, 0.15) is 18.1 Å². The van der Waals surface area contributed by atoms with Gasteiger partial charge in [-0.2, -0.15) is 0 Å². The lowest BCUT2D eigenvalue weighted by atomic mass is 10.00. The van der Waals surface area contributed by atoms with Crippen molar-refractivity contribution in [1.82, 2.24) is 4.90 Å². The van der Waals surface area contributed by atoms with Crippen molar-refractivity contribution in [1.29, 1.82) is 0 Å². The first-order chi connectivity index (χ1) is 7.15. The summed E-state index contributed by atoms with van der Waals surface area (Å²) in [5.74, 6) is 0.397. The van der Waals surface area contributed by atoms with Crippen LogP contribution in [0.4, 0.5) is 0 Å². The van der Waals surface area contributed by atoms with Crippen LogP contribution in [0.3, 0.4) is 0 Å². The Morgan fingerprint density at radius 1 is 1.40 bits per heavy atom. The lowest BCUT2D eigenvalue weighted by Gasteiger charge is -2.25. The summed E-state index contributed by atoms with van der Waals surface area (Å²) in [4.78, 5) is 13.1. The van der Waals surface area contributed by atoms with E-state index in [1.54, 1.807) is 0 Å². The molecule has 0 saturated carbocycles. The van der Waals surface area contributed by atoms with Crippen LogP contribution in [0, 0.1) is 0 Å². The summed E-state index contributed by atoms with van der Waals surface area (Å²) in [6.07, 6.45) is 1.03. The minimum Gasteiger partial charge on any atom is -0.427 e. The zero-order chi connectivity index (χ0) is 10.8. The van der Waals surface area contributed by atoms with Gasteiger partial charge in [0.25, 0.3) is 0 Å². The molecule has 1 aromatic rings. The topological polar surface area (TPSA) is 29.5 Å². The van der Waals surface area contributed by atoms with Crippen molar-refractivity contribution in [2.45, 2.75) is 19.9 Å². The fraction of sp³-hybridized carbons (Fsp3) is 0.417. The Hall–Kier alpha value is -1.35. The number of benzene rings is 1. The van der Waals surface area contributed by atoms with Gasteiger partial charge in [0, 0.05) is 20.0 Å². The Morgan fingerprint density at radius 3 is 2.93 bits per heavy atom. The van der Waals surface area contributed by atoms with Crippen LogP contribution in [0.25, 0.3) is 0 Å². The molecule has 15 heavy (non-hydrogen) atoms. The smallest absolute Gasteiger partial charge is 0.308 e. The monoisotopic (exact) mass is 205 g/mol. The molecule has 1 aromatic carbocycles. The molecule has 0 bridgehead atoms. The number of nitrogens with zero attached hydrogens (tertiary/aromatic N) is 1. The van der Waals surface area contributed by atoms with Crippen molar-refractivity contribution >= 4 is 5.97 Å². The number of hydrogen-bond donors (Lipinski definition) is 0. The Kier molecular flexibility index (Phi) is 2.73. The highest BCUT2D eigenvalue weighted by molar-refractivity contribution is 5.69. The van der Waals surface area contributed by atoms with Crippen LogP contribution in [0.15, 0.2) is 18.2 Å². The summed E-state index contributed by atoms with van der Waals surface area (Å²) in [7, 11) is 2.11. The van der Waals surface area contributed by atoms with E-state index in [-0.39, 0.29) is 5.97 Å². The molecule has 3 nitrogen and oxygen atoms in total.